The molecule has 1 rings (SSSR count). The molecule has 1 aromatic heterocycles. The Hall–Kier alpha value is -0.990. The van der Waals surface area contributed by atoms with E-state index in [0.29, 0.717) is 11.8 Å². The molecule has 0 fully saturated rings. The number of hydrogen-bond donors (Lipinski definition) is 1. The van der Waals surface area contributed by atoms with Crippen LogP contribution in [0.25, 0.3) is 0 Å². The quantitative estimate of drug-likeness (QED) is 0.780. The smallest absolute Gasteiger partial charge is 0.202 e. The molecule has 1 atom stereocenters. The molecule has 0 aliphatic heterocycles. The highest BCUT2D eigenvalue weighted by molar-refractivity contribution is 5.25. The van der Waals surface area contributed by atoms with Gasteiger partial charge in [0, 0.05) is 25.5 Å². The SMILES string of the molecule is CCCNc1nccn1CC(C)C(C)C. The first-order chi connectivity index (χ1) is 7.15. The molecule has 0 saturated carbocycles. The van der Waals surface area contributed by atoms with Crippen LogP contribution in [-0.2, 0) is 6.54 Å². The number of aromatic nitrogens is 2. The van der Waals surface area contributed by atoms with E-state index in [9.17, 15) is 0 Å². The highest BCUT2D eigenvalue weighted by Crippen LogP contribution is 2.15. The maximum atomic E-state index is 4.32. The summed E-state index contributed by atoms with van der Waals surface area (Å²) in [5.41, 5.74) is 0. The first-order valence-electron chi connectivity index (χ1n) is 5.90. The van der Waals surface area contributed by atoms with E-state index < -0.39 is 0 Å². The molecule has 1 unspecified atom stereocenters. The van der Waals surface area contributed by atoms with Crippen molar-refractivity contribution in [1.82, 2.24) is 9.55 Å². The molecule has 1 N–H and O–H groups in total. The van der Waals surface area contributed by atoms with E-state index in [2.05, 4.69) is 48.8 Å². The second-order valence-corrected chi connectivity index (χ2v) is 4.55. The fraction of sp³-hybridized carbons (Fsp3) is 0.750. The fourth-order valence-electron chi connectivity index (χ4n) is 1.38. The molecule has 86 valence electrons. The van der Waals surface area contributed by atoms with Gasteiger partial charge < -0.3 is 9.88 Å². The zero-order chi connectivity index (χ0) is 11.3. The lowest BCUT2D eigenvalue weighted by molar-refractivity contribution is 0.366. The van der Waals surface area contributed by atoms with Gasteiger partial charge in [-0.3, -0.25) is 0 Å². The van der Waals surface area contributed by atoms with E-state index >= 15 is 0 Å². The number of nitrogens with zero attached hydrogens (tertiary/aromatic N) is 2. The minimum absolute atomic E-state index is 0.682. The molecule has 3 nitrogen and oxygen atoms in total. The normalized spacial score (nSPS) is 13.1. The minimum atomic E-state index is 0.682. The number of anilines is 1. The van der Waals surface area contributed by atoms with Crippen molar-refractivity contribution < 1.29 is 0 Å². The zero-order valence-electron chi connectivity index (χ0n) is 10.3. The molecule has 0 bridgehead atoms. The van der Waals surface area contributed by atoms with Gasteiger partial charge in [-0.15, -0.1) is 0 Å². The summed E-state index contributed by atoms with van der Waals surface area (Å²) < 4.78 is 2.21. The zero-order valence-corrected chi connectivity index (χ0v) is 10.3. The second-order valence-electron chi connectivity index (χ2n) is 4.55. The topological polar surface area (TPSA) is 29.9 Å². The summed E-state index contributed by atoms with van der Waals surface area (Å²) in [7, 11) is 0. The predicted octanol–water partition coefficient (Wildman–Crippen LogP) is 3.00. The van der Waals surface area contributed by atoms with Crippen LogP contribution in [0.15, 0.2) is 12.4 Å². The second kappa shape index (κ2) is 5.79. The summed E-state index contributed by atoms with van der Waals surface area (Å²) in [5.74, 6) is 2.40. The summed E-state index contributed by atoms with van der Waals surface area (Å²) in [6, 6.07) is 0. The Morgan fingerprint density at radius 3 is 2.73 bits per heavy atom. The molecular weight excluding hydrogens is 186 g/mol. The summed E-state index contributed by atoms with van der Waals surface area (Å²) >= 11 is 0. The van der Waals surface area contributed by atoms with Gasteiger partial charge in [0.05, 0.1) is 0 Å². The van der Waals surface area contributed by atoms with Gasteiger partial charge in [0.1, 0.15) is 0 Å². The highest BCUT2D eigenvalue weighted by Gasteiger charge is 2.10. The van der Waals surface area contributed by atoms with Crippen molar-refractivity contribution in [2.75, 3.05) is 11.9 Å². The summed E-state index contributed by atoms with van der Waals surface area (Å²) in [4.78, 5) is 4.32. The van der Waals surface area contributed by atoms with Crippen LogP contribution in [0.1, 0.15) is 34.1 Å². The van der Waals surface area contributed by atoms with Gasteiger partial charge in [0.25, 0.3) is 0 Å². The molecule has 0 radical (unpaired) electrons. The van der Waals surface area contributed by atoms with Crippen LogP contribution < -0.4 is 5.32 Å². The third-order valence-electron chi connectivity index (χ3n) is 2.87. The van der Waals surface area contributed by atoms with Crippen LogP contribution in [-0.4, -0.2) is 16.1 Å². The lowest BCUT2D eigenvalue weighted by atomic mass is 9.98. The molecule has 0 amide bonds. The molecule has 0 aliphatic rings. The summed E-state index contributed by atoms with van der Waals surface area (Å²) in [5, 5.41) is 3.34. The summed E-state index contributed by atoms with van der Waals surface area (Å²) in [6.45, 7) is 11.0. The van der Waals surface area contributed by atoms with Crippen LogP contribution in [0.4, 0.5) is 5.95 Å². The van der Waals surface area contributed by atoms with Crippen molar-refractivity contribution in [3.05, 3.63) is 12.4 Å². The van der Waals surface area contributed by atoms with Crippen LogP contribution in [0.2, 0.25) is 0 Å². The summed E-state index contributed by atoms with van der Waals surface area (Å²) in [6.07, 6.45) is 5.05. The molecule has 1 aromatic rings. The van der Waals surface area contributed by atoms with Crippen molar-refractivity contribution in [3.8, 4) is 0 Å². The number of imidazole rings is 1. The Labute approximate surface area is 92.9 Å². The van der Waals surface area contributed by atoms with E-state index in [0.717, 1.165) is 25.5 Å². The third-order valence-corrected chi connectivity index (χ3v) is 2.87. The van der Waals surface area contributed by atoms with Crippen LogP contribution in [0.3, 0.4) is 0 Å². The molecule has 0 saturated heterocycles. The van der Waals surface area contributed by atoms with Crippen molar-refractivity contribution >= 4 is 5.95 Å². The average molecular weight is 209 g/mol. The number of rotatable bonds is 6. The maximum Gasteiger partial charge on any atom is 0.202 e. The van der Waals surface area contributed by atoms with Crippen molar-refractivity contribution in [3.63, 3.8) is 0 Å². The van der Waals surface area contributed by atoms with Crippen LogP contribution in [0, 0.1) is 11.8 Å². The largest absolute Gasteiger partial charge is 0.356 e. The maximum absolute atomic E-state index is 4.32. The molecule has 0 aromatic carbocycles. The molecule has 3 heteroatoms. The monoisotopic (exact) mass is 209 g/mol. The molecule has 1 heterocycles. The molecular formula is C12H23N3. The average Bonchev–Trinajstić information content (AvgIpc) is 2.62. The van der Waals surface area contributed by atoms with Crippen molar-refractivity contribution in [2.45, 2.75) is 40.7 Å². The highest BCUT2D eigenvalue weighted by atomic mass is 15.2. The lowest BCUT2D eigenvalue weighted by Gasteiger charge is -2.17. The molecule has 0 aliphatic carbocycles. The first-order valence-corrected chi connectivity index (χ1v) is 5.90. The lowest BCUT2D eigenvalue weighted by Crippen LogP contribution is -2.15. The van der Waals surface area contributed by atoms with E-state index in [1.54, 1.807) is 0 Å². The van der Waals surface area contributed by atoms with Crippen molar-refractivity contribution in [2.24, 2.45) is 11.8 Å². The van der Waals surface area contributed by atoms with E-state index in [1.807, 2.05) is 6.20 Å². The van der Waals surface area contributed by atoms with Crippen molar-refractivity contribution in [1.29, 1.82) is 0 Å². The van der Waals surface area contributed by atoms with Gasteiger partial charge in [-0.2, -0.15) is 0 Å². The van der Waals surface area contributed by atoms with Gasteiger partial charge in [-0.25, -0.2) is 4.98 Å². The van der Waals surface area contributed by atoms with Crippen LogP contribution in [0.5, 0.6) is 0 Å². The Bertz CT molecular complexity index is 278. The van der Waals surface area contributed by atoms with Gasteiger partial charge in [-0.05, 0) is 18.3 Å². The van der Waals surface area contributed by atoms with Gasteiger partial charge >= 0.3 is 0 Å². The predicted molar refractivity (Wildman–Crippen MR) is 65.0 cm³/mol. The molecule has 0 spiro atoms. The van der Waals surface area contributed by atoms with Gasteiger partial charge in [0.2, 0.25) is 5.95 Å². The Morgan fingerprint density at radius 2 is 2.13 bits per heavy atom. The Morgan fingerprint density at radius 1 is 1.40 bits per heavy atom. The minimum Gasteiger partial charge on any atom is -0.356 e. The van der Waals surface area contributed by atoms with Gasteiger partial charge in [0.15, 0.2) is 0 Å². The van der Waals surface area contributed by atoms with Crippen LogP contribution >= 0.6 is 0 Å². The standard InChI is InChI=1S/C12H23N3/c1-5-6-13-12-14-7-8-15(12)9-11(4)10(2)3/h7-8,10-11H,5-6,9H2,1-4H3,(H,13,14). The third kappa shape index (κ3) is 3.57. The number of nitrogens with one attached hydrogen (secondary N) is 1. The molecule has 15 heavy (non-hydrogen) atoms. The number of hydrogen-bond acceptors (Lipinski definition) is 2. The Kier molecular flexibility index (Phi) is 4.66. The fourth-order valence-corrected chi connectivity index (χ4v) is 1.38. The van der Waals surface area contributed by atoms with E-state index in [1.165, 1.54) is 0 Å². The van der Waals surface area contributed by atoms with E-state index in [-0.39, 0.29) is 0 Å². The van der Waals surface area contributed by atoms with E-state index in [4.69, 9.17) is 0 Å². The first kappa shape index (κ1) is 12.1. The Balaban J connectivity index is 2.56. The van der Waals surface area contributed by atoms with Gasteiger partial charge in [-0.1, -0.05) is 27.7 Å².